The summed E-state index contributed by atoms with van der Waals surface area (Å²) in [6, 6.07) is 9.53. The Hall–Kier alpha value is -1.72. The van der Waals surface area contributed by atoms with Crippen molar-refractivity contribution in [3.05, 3.63) is 42.0 Å². The van der Waals surface area contributed by atoms with Crippen molar-refractivity contribution < 1.29 is 9.90 Å². The molecule has 3 N–H and O–H groups in total. The number of thiocarbonyl (C=S) groups is 1. The van der Waals surface area contributed by atoms with Gasteiger partial charge in [0.25, 0.3) is 0 Å². The van der Waals surface area contributed by atoms with E-state index in [2.05, 4.69) is 10.6 Å². The molecule has 5 heteroatoms. The van der Waals surface area contributed by atoms with Crippen LogP contribution in [0.15, 0.2) is 36.4 Å². The van der Waals surface area contributed by atoms with Crippen LogP contribution in [0.1, 0.15) is 12.0 Å². The first-order chi connectivity index (χ1) is 8.72. The number of aliphatic hydroxyl groups excluding tert-OH is 1. The second-order valence-corrected chi connectivity index (χ2v) is 3.97. The Bertz CT molecular complexity index is 418. The second kappa shape index (κ2) is 8.38. The molecular weight excluding hydrogens is 248 g/mol. The summed E-state index contributed by atoms with van der Waals surface area (Å²) in [4.78, 5) is 11.5. The molecule has 0 atom stereocenters. The first kappa shape index (κ1) is 14.3. The molecule has 0 saturated carbocycles. The van der Waals surface area contributed by atoms with Gasteiger partial charge in [0.15, 0.2) is 5.11 Å². The van der Waals surface area contributed by atoms with Crippen molar-refractivity contribution in [1.29, 1.82) is 0 Å². The van der Waals surface area contributed by atoms with Crippen molar-refractivity contribution in [2.24, 2.45) is 0 Å². The Labute approximate surface area is 112 Å². The van der Waals surface area contributed by atoms with Gasteiger partial charge in [0.1, 0.15) is 0 Å². The number of carbonyl (C=O) groups is 1. The third-order valence-electron chi connectivity index (χ3n) is 2.08. The van der Waals surface area contributed by atoms with Crippen molar-refractivity contribution in [2.75, 3.05) is 13.2 Å². The fourth-order valence-electron chi connectivity index (χ4n) is 1.21. The van der Waals surface area contributed by atoms with Crippen LogP contribution in [0.25, 0.3) is 6.08 Å². The molecule has 0 fully saturated rings. The lowest BCUT2D eigenvalue weighted by atomic mass is 10.2. The van der Waals surface area contributed by atoms with Gasteiger partial charge in [0.2, 0.25) is 5.91 Å². The van der Waals surface area contributed by atoms with Crippen LogP contribution in [0.4, 0.5) is 0 Å². The van der Waals surface area contributed by atoms with Crippen LogP contribution in [-0.4, -0.2) is 29.3 Å². The molecule has 0 aliphatic carbocycles. The molecule has 1 aromatic carbocycles. The summed E-state index contributed by atoms with van der Waals surface area (Å²) in [5.41, 5.74) is 0.951. The quantitative estimate of drug-likeness (QED) is 0.423. The Morgan fingerprint density at radius 2 is 2.06 bits per heavy atom. The molecule has 0 aliphatic rings. The summed E-state index contributed by atoms with van der Waals surface area (Å²) in [5.74, 6) is -0.277. The van der Waals surface area contributed by atoms with Crippen LogP contribution in [-0.2, 0) is 4.79 Å². The predicted molar refractivity (Wildman–Crippen MR) is 75.9 cm³/mol. The van der Waals surface area contributed by atoms with Gasteiger partial charge in [-0.15, -0.1) is 0 Å². The molecular formula is C13H16N2O2S. The van der Waals surface area contributed by atoms with Gasteiger partial charge in [0, 0.05) is 19.2 Å². The fourth-order valence-corrected chi connectivity index (χ4v) is 1.42. The highest BCUT2D eigenvalue weighted by molar-refractivity contribution is 7.80. The highest BCUT2D eigenvalue weighted by Gasteiger charge is 1.99. The molecule has 0 saturated heterocycles. The lowest BCUT2D eigenvalue weighted by Crippen LogP contribution is -2.38. The summed E-state index contributed by atoms with van der Waals surface area (Å²) >= 11 is 4.92. The molecule has 4 nitrogen and oxygen atoms in total. The van der Waals surface area contributed by atoms with E-state index in [0.717, 1.165) is 5.56 Å². The van der Waals surface area contributed by atoms with Crippen LogP contribution < -0.4 is 10.6 Å². The highest BCUT2D eigenvalue weighted by atomic mass is 32.1. The Morgan fingerprint density at radius 3 is 2.72 bits per heavy atom. The molecule has 1 rings (SSSR count). The van der Waals surface area contributed by atoms with Crippen LogP contribution in [0.5, 0.6) is 0 Å². The van der Waals surface area contributed by atoms with Gasteiger partial charge in [-0.2, -0.15) is 0 Å². The highest BCUT2D eigenvalue weighted by Crippen LogP contribution is 2.00. The monoisotopic (exact) mass is 264 g/mol. The number of nitrogens with one attached hydrogen (secondary N) is 2. The Morgan fingerprint density at radius 1 is 1.33 bits per heavy atom. The minimum atomic E-state index is -0.277. The second-order valence-electron chi connectivity index (χ2n) is 3.57. The van der Waals surface area contributed by atoms with Crippen molar-refractivity contribution in [3.63, 3.8) is 0 Å². The molecule has 0 bridgehead atoms. The van der Waals surface area contributed by atoms with Gasteiger partial charge < -0.3 is 10.4 Å². The van der Waals surface area contributed by atoms with Crippen molar-refractivity contribution >= 4 is 29.3 Å². The van der Waals surface area contributed by atoms with Crippen LogP contribution in [0.2, 0.25) is 0 Å². The van der Waals surface area contributed by atoms with Gasteiger partial charge in [-0.3, -0.25) is 10.1 Å². The van der Waals surface area contributed by atoms with Gasteiger partial charge in [-0.05, 0) is 30.3 Å². The van der Waals surface area contributed by atoms with Crippen LogP contribution in [0.3, 0.4) is 0 Å². The topological polar surface area (TPSA) is 61.4 Å². The number of hydrogen-bond donors (Lipinski definition) is 3. The first-order valence-electron chi connectivity index (χ1n) is 5.65. The van der Waals surface area contributed by atoms with E-state index in [1.807, 2.05) is 30.3 Å². The standard InChI is InChI=1S/C13H16N2O2S/c16-10-4-9-14-13(18)15-12(17)8-7-11-5-2-1-3-6-11/h1-3,5-8,16H,4,9-10H2,(H2,14,15,17,18)/b8-7+. The maximum atomic E-state index is 11.5. The molecule has 0 unspecified atom stereocenters. The molecule has 18 heavy (non-hydrogen) atoms. The van der Waals surface area contributed by atoms with Gasteiger partial charge >= 0.3 is 0 Å². The van der Waals surface area contributed by atoms with E-state index in [1.165, 1.54) is 6.08 Å². The van der Waals surface area contributed by atoms with Crippen LogP contribution in [0, 0.1) is 0 Å². The molecule has 0 radical (unpaired) electrons. The number of rotatable bonds is 5. The summed E-state index contributed by atoms with van der Waals surface area (Å²) in [6.07, 6.45) is 3.73. The normalized spacial score (nSPS) is 10.3. The fraction of sp³-hybridized carbons (Fsp3) is 0.231. The van der Waals surface area contributed by atoms with E-state index in [-0.39, 0.29) is 17.6 Å². The first-order valence-corrected chi connectivity index (χ1v) is 6.06. The summed E-state index contributed by atoms with van der Waals surface area (Å²) in [6.45, 7) is 0.634. The number of amides is 1. The zero-order chi connectivity index (χ0) is 13.2. The minimum absolute atomic E-state index is 0.0947. The molecule has 0 spiro atoms. The maximum Gasteiger partial charge on any atom is 0.250 e. The largest absolute Gasteiger partial charge is 0.396 e. The third kappa shape index (κ3) is 6.12. The minimum Gasteiger partial charge on any atom is -0.396 e. The Balaban J connectivity index is 2.33. The molecule has 1 amide bonds. The van der Waals surface area contributed by atoms with Crippen molar-refractivity contribution in [3.8, 4) is 0 Å². The van der Waals surface area contributed by atoms with E-state index in [9.17, 15) is 4.79 Å². The smallest absolute Gasteiger partial charge is 0.250 e. The third-order valence-corrected chi connectivity index (χ3v) is 2.33. The average molecular weight is 264 g/mol. The molecule has 96 valence electrons. The summed E-state index contributed by atoms with van der Waals surface area (Å²) in [5, 5.41) is 14.2. The molecule has 0 aliphatic heterocycles. The van der Waals surface area contributed by atoms with Crippen LogP contribution >= 0.6 is 12.2 Å². The Kier molecular flexibility index (Phi) is 6.68. The number of benzene rings is 1. The molecule has 0 heterocycles. The molecule has 1 aromatic rings. The van der Waals surface area contributed by atoms with E-state index in [0.29, 0.717) is 13.0 Å². The zero-order valence-corrected chi connectivity index (χ0v) is 10.7. The predicted octanol–water partition coefficient (Wildman–Crippen LogP) is 1.07. The lowest BCUT2D eigenvalue weighted by molar-refractivity contribution is -0.115. The number of carbonyl (C=O) groups excluding carboxylic acids is 1. The summed E-state index contributed by atoms with van der Waals surface area (Å²) < 4.78 is 0. The number of hydrogen-bond acceptors (Lipinski definition) is 3. The summed E-state index contributed by atoms with van der Waals surface area (Å²) in [7, 11) is 0. The number of aliphatic hydroxyl groups is 1. The van der Waals surface area contributed by atoms with E-state index < -0.39 is 0 Å². The zero-order valence-electron chi connectivity index (χ0n) is 9.93. The lowest BCUT2D eigenvalue weighted by Gasteiger charge is -2.06. The van der Waals surface area contributed by atoms with Crippen molar-refractivity contribution in [1.82, 2.24) is 10.6 Å². The van der Waals surface area contributed by atoms with Crippen molar-refractivity contribution in [2.45, 2.75) is 6.42 Å². The van der Waals surface area contributed by atoms with Gasteiger partial charge in [-0.1, -0.05) is 30.3 Å². The van der Waals surface area contributed by atoms with Gasteiger partial charge in [-0.25, -0.2) is 0 Å². The average Bonchev–Trinajstić information content (AvgIpc) is 2.38. The maximum absolute atomic E-state index is 11.5. The molecule has 0 aromatic heterocycles. The van der Waals surface area contributed by atoms with E-state index in [1.54, 1.807) is 6.08 Å². The SMILES string of the molecule is O=C(/C=C/c1ccccc1)NC(=S)NCCCO. The van der Waals surface area contributed by atoms with E-state index in [4.69, 9.17) is 17.3 Å². The van der Waals surface area contributed by atoms with Gasteiger partial charge in [0.05, 0.1) is 0 Å². The van der Waals surface area contributed by atoms with E-state index >= 15 is 0 Å².